The van der Waals surface area contributed by atoms with Crippen molar-refractivity contribution in [2.24, 2.45) is 5.10 Å². The van der Waals surface area contributed by atoms with Gasteiger partial charge in [0.15, 0.2) is 5.13 Å². The monoisotopic (exact) mass is 451 g/mol. The van der Waals surface area contributed by atoms with Crippen LogP contribution in [-0.4, -0.2) is 21.7 Å². The Morgan fingerprint density at radius 3 is 2.45 bits per heavy atom. The molecule has 3 aromatic carbocycles. The standard InChI is InChI=1S/C21H14ClN5O3S/c22-15-8-6-14(7-9-15)19(13-4-2-1-3-5-13)25-26-20(28)24-21-23-17-11-10-16(27(29)30)12-18(17)31-21/h1-12H,(H2,23,24,26,28)/b25-19+. The van der Waals surface area contributed by atoms with E-state index in [-0.39, 0.29) is 5.69 Å². The van der Waals surface area contributed by atoms with Gasteiger partial charge < -0.3 is 0 Å². The smallest absolute Gasteiger partial charge is 0.282 e. The minimum atomic E-state index is -0.587. The van der Waals surface area contributed by atoms with Crippen LogP contribution in [0.4, 0.5) is 15.6 Å². The summed E-state index contributed by atoms with van der Waals surface area (Å²) in [6.07, 6.45) is 0. The van der Waals surface area contributed by atoms with E-state index >= 15 is 0 Å². The zero-order valence-electron chi connectivity index (χ0n) is 15.8. The molecule has 0 aliphatic carbocycles. The molecule has 1 aromatic heterocycles. The molecule has 0 aliphatic rings. The van der Waals surface area contributed by atoms with E-state index in [0.717, 1.165) is 22.5 Å². The summed E-state index contributed by atoms with van der Waals surface area (Å²) < 4.78 is 0.596. The Kier molecular flexibility index (Phi) is 5.87. The molecule has 4 rings (SSSR count). The molecule has 31 heavy (non-hydrogen) atoms. The molecule has 154 valence electrons. The van der Waals surface area contributed by atoms with Crippen LogP contribution >= 0.6 is 22.9 Å². The molecule has 0 radical (unpaired) electrons. The molecular weight excluding hydrogens is 438 g/mol. The number of fused-ring (bicyclic) bond motifs is 1. The molecule has 1 heterocycles. The second kappa shape index (κ2) is 8.90. The van der Waals surface area contributed by atoms with Crippen molar-refractivity contribution in [1.29, 1.82) is 0 Å². The van der Waals surface area contributed by atoms with Crippen LogP contribution < -0.4 is 10.7 Å². The van der Waals surface area contributed by atoms with Gasteiger partial charge >= 0.3 is 6.03 Å². The summed E-state index contributed by atoms with van der Waals surface area (Å²) in [5.41, 5.74) is 5.16. The second-order valence-electron chi connectivity index (χ2n) is 6.33. The predicted octanol–water partition coefficient (Wildman–Crippen LogP) is 5.43. The fraction of sp³-hybridized carbons (Fsp3) is 0. The molecule has 0 aliphatic heterocycles. The number of nitro benzene ring substituents is 1. The Bertz CT molecular complexity index is 1290. The molecular formula is C21H14ClN5O3S. The number of carbonyl (C=O) groups is 1. The fourth-order valence-corrected chi connectivity index (χ4v) is 3.83. The minimum Gasteiger partial charge on any atom is -0.282 e. The predicted molar refractivity (Wildman–Crippen MR) is 122 cm³/mol. The first-order valence-electron chi connectivity index (χ1n) is 9.00. The van der Waals surface area contributed by atoms with E-state index in [0.29, 0.717) is 26.1 Å². The van der Waals surface area contributed by atoms with E-state index in [1.54, 1.807) is 18.2 Å². The lowest BCUT2D eigenvalue weighted by molar-refractivity contribution is -0.384. The summed E-state index contributed by atoms with van der Waals surface area (Å²) in [5, 5.41) is 18.7. The highest BCUT2D eigenvalue weighted by Gasteiger charge is 2.13. The minimum absolute atomic E-state index is 0.0350. The highest BCUT2D eigenvalue weighted by Crippen LogP contribution is 2.29. The van der Waals surface area contributed by atoms with E-state index < -0.39 is 11.0 Å². The van der Waals surface area contributed by atoms with E-state index in [4.69, 9.17) is 11.6 Å². The number of non-ortho nitro benzene ring substituents is 1. The van der Waals surface area contributed by atoms with E-state index in [2.05, 4.69) is 20.8 Å². The topological polar surface area (TPSA) is 110 Å². The highest BCUT2D eigenvalue weighted by atomic mass is 35.5. The Labute approximate surface area is 185 Å². The number of aromatic nitrogens is 1. The van der Waals surface area contributed by atoms with Gasteiger partial charge in [0.2, 0.25) is 0 Å². The number of rotatable bonds is 5. The number of carbonyl (C=O) groups excluding carboxylic acids is 1. The van der Waals surface area contributed by atoms with Gasteiger partial charge in [0.1, 0.15) is 0 Å². The molecule has 0 saturated heterocycles. The Hall–Kier alpha value is -3.82. The molecule has 8 nitrogen and oxygen atoms in total. The molecule has 10 heteroatoms. The van der Waals surface area contributed by atoms with Gasteiger partial charge in [-0.3, -0.25) is 15.4 Å². The van der Waals surface area contributed by atoms with Crippen molar-refractivity contribution in [3.8, 4) is 0 Å². The average Bonchev–Trinajstić information content (AvgIpc) is 3.17. The van der Waals surface area contributed by atoms with Crippen LogP contribution in [0.5, 0.6) is 0 Å². The van der Waals surface area contributed by atoms with Crippen LogP contribution in [0.3, 0.4) is 0 Å². The molecule has 0 unspecified atom stereocenters. The number of nitro groups is 1. The molecule has 0 bridgehead atoms. The van der Waals surface area contributed by atoms with Crippen molar-refractivity contribution in [3.05, 3.63) is 99.1 Å². The summed E-state index contributed by atoms with van der Waals surface area (Å²) in [7, 11) is 0. The maximum atomic E-state index is 12.4. The first-order chi connectivity index (χ1) is 15.0. The Morgan fingerprint density at radius 1 is 1.03 bits per heavy atom. The molecule has 2 amide bonds. The van der Waals surface area contributed by atoms with Crippen LogP contribution in [0.2, 0.25) is 5.02 Å². The number of urea groups is 1. The van der Waals surface area contributed by atoms with E-state index in [9.17, 15) is 14.9 Å². The van der Waals surface area contributed by atoms with Crippen molar-refractivity contribution in [2.75, 3.05) is 5.32 Å². The molecule has 4 aromatic rings. The first-order valence-corrected chi connectivity index (χ1v) is 10.2. The molecule has 0 spiro atoms. The number of hydrazone groups is 1. The summed E-state index contributed by atoms with van der Waals surface area (Å²) in [6.45, 7) is 0. The number of amides is 2. The maximum absolute atomic E-state index is 12.4. The quantitative estimate of drug-likeness (QED) is 0.239. The van der Waals surface area contributed by atoms with Crippen LogP contribution in [-0.2, 0) is 0 Å². The zero-order chi connectivity index (χ0) is 21.8. The zero-order valence-corrected chi connectivity index (χ0v) is 17.4. The summed E-state index contributed by atoms with van der Waals surface area (Å²) >= 11 is 7.11. The fourth-order valence-electron chi connectivity index (χ4n) is 2.81. The highest BCUT2D eigenvalue weighted by molar-refractivity contribution is 7.22. The Morgan fingerprint density at radius 2 is 1.74 bits per heavy atom. The lowest BCUT2D eigenvalue weighted by Crippen LogP contribution is -2.25. The second-order valence-corrected chi connectivity index (χ2v) is 7.79. The number of thiazole rings is 1. The summed E-state index contributed by atoms with van der Waals surface area (Å²) in [5.74, 6) is 0. The van der Waals surface area contributed by atoms with Gasteiger partial charge in [0.25, 0.3) is 5.69 Å². The van der Waals surface area contributed by atoms with Gasteiger partial charge in [0.05, 0.1) is 20.9 Å². The third-order valence-corrected chi connectivity index (χ3v) is 5.42. The van der Waals surface area contributed by atoms with Gasteiger partial charge in [0, 0.05) is 28.3 Å². The number of benzene rings is 3. The average molecular weight is 452 g/mol. The van der Waals surface area contributed by atoms with Crippen molar-refractivity contribution in [3.63, 3.8) is 0 Å². The van der Waals surface area contributed by atoms with Crippen molar-refractivity contribution in [1.82, 2.24) is 10.4 Å². The third-order valence-electron chi connectivity index (χ3n) is 4.24. The molecule has 0 atom stereocenters. The van der Waals surface area contributed by atoms with Gasteiger partial charge in [-0.2, -0.15) is 5.10 Å². The third kappa shape index (κ3) is 4.85. The van der Waals surface area contributed by atoms with Gasteiger partial charge in [-0.15, -0.1) is 0 Å². The summed E-state index contributed by atoms with van der Waals surface area (Å²) in [6, 6.07) is 20.3. The van der Waals surface area contributed by atoms with Crippen LogP contribution in [0.1, 0.15) is 11.1 Å². The molecule has 0 saturated carbocycles. The number of halogens is 1. The Balaban J connectivity index is 1.55. The maximum Gasteiger partial charge on any atom is 0.341 e. The number of hydrogen-bond donors (Lipinski definition) is 2. The van der Waals surface area contributed by atoms with Crippen LogP contribution in [0.15, 0.2) is 77.9 Å². The largest absolute Gasteiger partial charge is 0.341 e. The van der Waals surface area contributed by atoms with Gasteiger partial charge in [-0.1, -0.05) is 65.4 Å². The van der Waals surface area contributed by atoms with Crippen molar-refractivity contribution >= 4 is 55.7 Å². The normalized spacial score (nSPS) is 11.3. The van der Waals surface area contributed by atoms with E-state index in [1.807, 2.05) is 42.5 Å². The first kappa shape index (κ1) is 20.5. The lowest BCUT2D eigenvalue weighted by Gasteiger charge is -2.08. The van der Waals surface area contributed by atoms with Crippen molar-refractivity contribution in [2.45, 2.75) is 0 Å². The van der Waals surface area contributed by atoms with E-state index in [1.165, 1.54) is 12.1 Å². The van der Waals surface area contributed by atoms with Gasteiger partial charge in [-0.05, 0) is 18.2 Å². The van der Waals surface area contributed by atoms with Crippen LogP contribution in [0, 0.1) is 10.1 Å². The number of nitrogens with one attached hydrogen (secondary N) is 2. The molecule has 0 fully saturated rings. The number of nitrogens with zero attached hydrogens (tertiary/aromatic N) is 3. The molecule has 2 N–H and O–H groups in total. The van der Waals surface area contributed by atoms with Crippen molar-refractivity contribution < 1.29 is 9.72 Å². The lowest BCUT2D eigenvalue weighted by atomic mass is 10.0. The number of anilines is 1. The van der Waals surface area contributed by atoms with Crippen LogP contribution in [0.25, 0.3) is 10.2 Å². The van der Waals surface area contributed by atoms with Gasteiger partial charge in [-0.25, -0.2) is 15.2 Å². The summed E-state index contributed by atoms with van der Waals surface area (Å²) in [4.78, 5) is 27.1. The number of hydrogen-bond acceptors (Lipinski definition) is 6. The SMILES string of the molecule is O=C(N/N=C(\c1ccccc1)c1ccc(Cl)cc1)Nc1nc2ccc([N+](=O)[O-])cc2s1.